The van der Waals surface area contributed by atoms with Crippen LogP contribution in [0.2, 0.25) is 5.02 Å². The van der Waals surface area contributed by atoms with E-state index < -0.39 is 4.92 Å². The standard InChI is InChI=1S/C18H12ClN5O5S/c19-12-4-6-14(7-5-12)27-9-15-21-22-18(28-15)30-10-16-20-17(23-29-16)11-2-1-3-13(8-11)24(25)26/h1-8H,9-10H2. The Morgan fingerprint density at radius 3 is 2.77 bits per heavy atom. The zero-order valence-corrected chi connectivity index (χ0v) is 16.7. The molecule has 2 aromatic heterocycles. The normalized spacial score (nSPS) is 10.8. The predicted molar refractivity (Wildman–Crippen MR) is 106 cm³/mol. The van der Waals surface area contributed by atoms with E-state index in [9.17, 15) is 10.1 Å². The highest BCUT2D eigenvalue weighted by atomic mass is 35.5. The number of thioether (sulfide) groups is 1. The third-order valence-corrected chi connectivity index (χ3v) is 4.78. The van der Waals surface area contributed by atoms with E-state index in [2.05, 4.69) is 20.3 Å². The minimum Gasteiger partial charge on any atom is -0.484 e. The van der Waals surface area contributed by atoms with E-state index in [4.69, 9.17) is 25.3 Å². The van der Waals surface area contributed by atoms with Crippen molar-refractivity contribution in [2.75, 3.05) is 0 Å². The Balaban J connectivity index is 1.33. The molecule has 4 rings (SSSR count). The highest BCUT2D eigenvalue weighted by molar-refractivity contribution is 7.98. The Morgan fingerprint density at radius 2 is 1.97 bits per heavy atom. The van der Waals surface area contributed by atoms with Gasteiger partial charge < -0.3 is 13.7 Å². The van der Waals surface area contributed by atoms with E-state index in [1.807, 2.05) is 0 Å². The van der Waals surface area contributed by atoms with Gasteiger partial charge in [0.2, 0.25) is 11.7 Å². The van der Waals surface area contributed by atoms with Gasteiger partial charge in [-0.3, -0.25) is 10.1 Å². The van der Waals surface area contributed by atoms with Crippen LogP contribution < -0.4 is 4.74 Å². The monoisotopic (exact) mass is 445 g/mol. The summed E-state index contributed by atoms with van der Waals surface area (Å²) in [7, 11) is 0. The lowest BCUT2D eigenvalue weighted by Gasteiger charge is -2.02. The van der Waals surface area contributed by atoms with Crippen LogP contribution in [0.4, 0.5) is 5.69 Å². The van der Waals surface area contributed by atoms with E-state index in [0.717, 1.165) is 0 Å². The zero-order chi connectivity index (χ0) is 20.9. The first-order chi connectivity index (χ1) is 14.6. The van der Waals surface area contributed by atoms with Gasteiger partial charge in [-0.15, -0.1) is 10.2 Å². The lowest BCUT2D eigenvalue weighted by atomic mass is 10.2. The summed E-state index contributed by atoms with van der Waals surface area (Å²) in [6.07, 6.45) is 0. The Morgan fingerprint density at radius 1 is 1.13 bits per heavy atom. The molecule has 4 aromatic rings. The molecule has 152 valence electrons. The molecule has 0 saturated carbocycles. The average molecular weight is 446 g/mol. The number of benzene rings is 2. The molecule has 0 aliphatic rings. The fourth-order valence-corrected chi connectivity index (χ4v) is 3.09. The lowest BCUT2D eigenvalue weighted by molar-refractivity contribution is -0.384. The van der Waals surface area contributed by atoms with Gasteiger partial charge in [0.15, 0.2) is 6.61 Å². The van der Waals surface area contributed by atoms with Crippen LogP contribution in [0, 0.1) is 10.1 Å². The lowest BCUT2D eigenvalue weighted by Crippen LogP contribution is -1.95. The molecule has 0 aliphatic carbocycles. The first-order valence-corrected chi connectivity index (χ1v) is 9.84. The number of hydrogen-bond donors (Lipinski definition) is 0. The number of non-ortho nitro benzene ring substituents is 1. The molecular weight excluding hydrogens is 434 g/mol. The molecule has 10 nitrogen and oxygen atoms in total. The Bertz CT molecular complexity index is 1160. The van der Waals surface area contributed by atoms with Crippen LogP contribution in [-0.2, 0) is 12.4 Å². The molecule has 12 heteroatoms. The van der Waals surface area contributed by atoms with Crippen LogP contribution in [0.5, 0.6) is 5.75 Å². The van der Waals surface area contributed by atoms with Gasteiger partial charge in [-0.1, -0.05) is 40.7 Å². The van der Waals surface area contributed by atoms with E-state index in [0.29, 0.717) is 39.1 Å². The van der Waals surface area contributed by atoms with Crippen LogP contribution >= 0.6 is 23.4 Å². The van der Waals surface area contributed by atoms with Gasteiger partial charge in [-0.25, -0.2) is 0 Å². The minimum atomic E-state index is -0.482. The smallest absolute Gasteiger partial charge is 0.277 e. The van der Waals surface area contributed by atoms with Crippen molar-refractivity contribution < 1.29 is 18.6 Å². The van der Waals surface area contributed by atoms with E-state index >= 15 is 0 Å². The molecule has 0 atom stereocenters. The summed E-state index contributed by atoms with van der Waals surface area (Å²) in [4.78, 5) is 14.6. The van der Waals surface area contributed by atoms with Crippen molar-refractivity contribution >= 4 is 29.1 Å². The summed E-state index contributed by atoms with van der Waals surface area (Å²) in [6, 6.07) is 12.9. The fraction of sp³-hybridized carbons (Fsp3) is 0.111. The van der Waals surface area contributed by atoms with Crippen molar-refractivity contribution in [1.29, 1.82) is 0 Å². The van der Waals surface area contributed by atoms with Crippen molar-refractivity contribution in [1.82, 2.24) is 20.3 Å². The maximum atomic E-state index is 10.9. The van der Waals surface area contributed by atoms with Gasteiger partial charge in [-0.2, -0.15) is 4.98 Å². The van der Waals surface area contributed by atoms with Gasteiger partial charge >= 0.3 is 0 Å². The summed E-state index contributed by atoms with van der Waals surface area (Å²) in [5, 5.41) is 23.5. The Kier molecular flexibility index (Phi) is 5.91. The van der Waals surface area contributed by atoms with Crippen molar-refractivity contribution in [3.05, 3.63) is 75.4 Å². The summed E-state index contributed by atoms with van der Waals surface area (Å²) in [5.74, 6) is 1.82. The van der Waals surface area contributed by atoms with Crippen LogP contribution in [0.1, 0.15) is 11.8 Å². The quantitative estimate of drug-likeness (QED) is 0.216. The number of rotatable bonds is 8. The molecule has 0 saturated heterocycles. The Hall–Kier alpha value is -3.44. The minimum absolute atomic E-state index is 0.0487. The van der Waals surface area contributed by atoms with Crippen molar-refractivity contribution in [3.63, 3.8) is 0 Å². The van der Waals surface area contributed by atoms with Crippen LogP contribution in [0.3, 0.4) is 0 Å². The van der Waals surface area contributed by atoms with Crippen molar-refractivity contribution in [2.45, 2.75) is 17.6 Å². The molecule has 0 fully saturated rings. The number of aromatic nitrogens is 4. The predicted octanol–water partition coefficient (Wildman–Crippen LogP) is 4.55. The van der Waals surface area contributed by atoms with Crippen LogP contribution in [-0.4, -0.2) is 25.3 Å². The second-order valence-electron chi connectivity index (χ2n) is 5.81. The third kappa shape index (κ3) is 4.93. The fourth-order valence-electron chi connectivity index (χ4n) is 2.34. The second-order valence-corrected chi connectivity index (χ2v) is 7.18. The molecule has 0 amide bonds. The molecule has 0 radical (unpaired) electrons. The highest BCUT2D eigenvalue weighted by Crippen LogP contribution is 2.25. The summed E-state index contributed by atoms with van der Waals surface area (Å²) >= 11 is 7.05. The van der Waals surface area contributed by atoms with E-state index in [-0.39, 0.29) is 18.1 Å². The number of nitro groups is 1. The highest BCUT2D eigenvalue weighted by Gasteiger charge is 2.14. The largest absolute Gasteiger partial charge is 0.484 e. The molecule has 0 unspecified atom stereocenters. The SMILES string of the molecule is O=[N+]([O-])c1cccc(-c2noc(CSc3nnc(COc4ccc(Cl)cc4)o3)n2)c1. The molecule has 0 N–H and O–H groups in total. The van der Waals surface area contributed by atoms with Crippen LogP contribution in [0.25, 0.3) is 11.4 Å². The molecule has 0 bridgehead atoms. The topological polar surface area (TPSA) is 130 Å². The third-order valence-electron chi connectivity index (χ3n) is 3.73. The van der Waals surface area contributed by atoms with Gasteiger partial charge in [0.25, 0.3) is 16.8 Å². The van der Waals surface area contributed by atoms with Crippen LogP contribution in [0.15, 0.2) is 62.7 Å². The molecular formula is C18H12ClN5O5S. The van der Waals surface area contributed by atoms with Gasteiger partial charge in [0.05, 0.1) is 10.7 Å². The number of nitro benzene ring substituents is 1. The molecule has 2 aromatic carbocycles. The van der Waals surface area contributed by atoms with E-state index in [1.54, 1.807) is 36.4 Å². The average Bonchev–Trinajstić information content (AvgIpc) is 3.41. The van der Waals surface area contributed by atoms with Crippen molar-refractivity contribution in [3.8, 4) is 17.1 Å². The number of hydrogen-bond acceptors (Lipinski definition) is 10. The number of nitrogens with zero attached hydrogens (tertiary/aromatic N) is 5. The van der Waals surface area contributed by atoms with Gasteiger partial charge in [0.1, 0.15) is 5.75 Å². The van der Waals surface area contributed by atoms with Gasteiger partial charge in [0, 0.05) is 22.7 Å². The Labute approximate surface area is 178 Å². The number of halogens is 1. The maximum absolute atomic E-state index is 10.9. The number of ether oxygens (including phenoxy) is 1. The van der Waals surface area contributed by atoms with E-state index in [1.165, 1.54) is 23.9 Å². The second kappa shape index (κ2) is 8.93. The van der Waals surface area contributed by atoms with Crippen molar-refractivity contribution in [2.24, 2.45) is 0 Å². The molecule has 30 heavy (non-hydrogen) atoms. The summed E-state index contributed by atoms with van der Waals surface area (Å²) in [5.41, 5.74) is 0.441. The maximum Gasteiger partial charge on any atom is 0.277 e. The first kappa shape index (κ1) is 19.9. The summed E-state index contributed by atoms with van der Waals surface area (Å²) in [6.45, 7) is 0.118. The molecule has 0 aliphatic heterocycles. The first-order valence-electron chi connectivity index (χ1n) is 8.48. The molecule has 0 spiro atoms. The van der Waals surface area contributed by atoms with Gasteiger partial charge in [-0.05, 0) is 24.3 Å². The zero-order valence-electron chi connectivity index (χ0n) is 15.1. The summed E-state index contributed by atoms with van der Waals surface area (Å²) < 4.78 is 16.2. The molecule has 2 heterocycles.